The predicted octanol–water partition coefficient (Wildman–Crippen LogP) is 2.72. The van der Waals surface area contributed by atoms with Gasteiger partial charge in [-0.15, -0.1) is 0 Å². The van der Waals surface area contributed by atoms with Crippen molar-refractivity contribution in [3.63, 3.8) is 0 Å². The molecule has 3 rings (SSSR count). The summed E-state index contributed by atoms with van der Waals surface area (Å²) in [5.41, 5.74) is -0.642. The Balaban J connectivity index is 1.73. The predicted molar refractivity (Wildman–Crippen MR) is 95.4 cm³/mol. The number of rotatable bonds is 6. The van der Waals surface area contributed by atoms with Crippen LogP contribution in [0.1, 0.15) is 23.0 Å². The number of benzene rings is 2. The molecule has 152 valence electrons. The van der Waals surface area contributed by atoms with Crippen molar-refractivity contribution in [1.29, 1.82) is 0 Å². The lowest BCUT2D eigenvalue weighted by atomic mass is 10.1. The van der Waals surface area contributed by atoms with Crippen LogP contribution in [0.2, 0.25) is 0 Å². The first-order valence-electron chi connectivity index (χ1n) is 8.54. The zero-order valence-corrected chi connectivity index (χ0v) is 14.9. The standard InChI is InChI=1S/C19H16F4N4O2/c20-14-9-5-4-8-13(14)10-15-24-18(29)27(26-15)11-16(28)25-17(19(21,22)23)12-6-2-1-3-7-12/h1-9,17H,10-11H2,(H,25,28)(H,24,26,29). The quantitative estimate of drug-likeness (QED) is 0.616. The van der Waals surface area contributed by atoms with Gasteiger partial charge in [-0.25, -0.2) is 13.9 Å². The molecule has 0 aliphatic heterocycles. The Morgan fingerprint density at radius 2 is 1.76 bits per heavy atom. The van der Waals surface area contributed by atoms with E-state index in [4.69, 9.17) is 0 Å². The Hall–Kier alpha value is -3.43. The number of aromatic nitrogens is 3. The van der Waals surface area contributed by atoms with Crippen molar-refractivity contribution in [3.8, 4) is 0 Å². The molecular formula is C19H16F4N4O2. The van der Waals surface area contributed by atoms with Crippen LogP contribution in [0.3, 0.4) is 0 Å². The van der Waals surface area contributed by atoms with E-state index in [1.54, 1.807) is 12.1 Å². The third kappa shape index (κ3) is 5.09. The lowest BCUT2D eigenvalue weighted by Gasteiger charge is -2.21. The van der Waals surface area contributed by atoms with Crippen LogP contribution in [0.5, 0.6) is 0 Å². The summed E-state index contributed by atoms with van der Waals surface area (Å²) in [7, 11) is 0. The molecule has 2 aromatic carbocycles. The van der Waals surface area contributed by atoms with Crippen molar-refractivity contribution < 1.29 is 22.4 Å². The minimum absolute atomic E-state index is 0.0360. The Bertz CT molecular complexity index is 1040. The monoisotopic (exact) mass is 408 g/mol. The number of carbonyl (C=O) groups excluding carboxylic acids is 1. The van der Waals surface area contributed by atoms with E-state index in [1.807, 2.05) is 5.32 Å². The van der Waals surface area contributed by atoms with E-state index >= 15 is 0 Å². The van der Waals surface area contributed by atoms with Gasteiger partial charge in [-0.2, -0.15) is 18.3 Å². The Kier molecular flexibility index (Phi) is 5.81. The average molecular weight is 408 g/mol. The summed E-state index contributed by atoms with van der Waals surface area (Å²) >= 11 is 0. The molecular weight excluding hydrogens is 392 g/mol. The van der Waals surface area contributed by atoms with Gasteiger partial charge < -0.3 is 5.32 Å². The number of halogens is 4. The molecule has 1 amide bonds. The molecule has 0 fully saturated rings. The molecule has 0 aliphatic rings. The molecule has 1 aromatic heterocycles. The number of H-pyrrole nitrogens is 1. The van der Waals surface area contributed by atoms with Crippen molar-refractivity contribution in [3.05, 3.63) is 87.9 Å². The zero-order valence-electron chi connectivity index (χ0n) is 14.9. The molecule has 1 unspecified atom stereocenters. The van der Waals surface area contributed by atoms with Crippen LogP contribution in [0.4, 0.5) is 17.6 Å². The molecule has 1 atom stereocenters. The number of nitrogens with zero attached hydrogens (tertiary/aromatic N) is 2. The van der Waals surface area contributed by atoms with E-state index in [0.717, 1.165) is 0 Å². The molecule has 29 heavy (non-hydrogen) atoms. The Labute approximate surface area is 162 Å². The van der Waals surface area contributed by atoms with Gasteiger partial charge in [0.25, 0.3) is 0 Å². The highest BCUT2D eigenvalue weighted by atomic mass is 19.4. The van der Waals surface area contributed by atoms with Gasteiger partial charge in [-0.05, 0) is 17.2 Å². The molecule has 0 bridgehead atoms. The number of hydrogen-bond acceptors (Lipinski definition) is 3. The molecule has 0 radical (unpaired) electrons. The minimum atomic E-state index is -4.72. The van der Waals surface area contributed by atoms with E-state index < -0.39 is 36.2 Å². The van der Waals surface area contributed by atoms with Crippen LogP contribution in [0, 0.1) is 5.82 Å². The second-order valence-corrected chi connectivity index (χ2v) is 6.26. The van der Waals surface area contributed by atoms with Crippen molar-refractivity contribution in [2.45, 2.75) is 25.2 Å². The van der Waals surface area contributed by atoms with E-state index in [9.17, 15) is 27.2 Å². The largest absolute Gasteiger partial charge is 0.412 e. The maximum absolute atomic E-state index is 13.7. The van der Waals surface area contributed by atoms with Crippen molar-refractivity contribution in [2.24, 2.45) is 0 Å². The molecule has 0 spiro atoms. The smallest absolute Gasteiger partial charge is 0.339 e. The molecule has 1 heterocycles. The van der Waals surface area contributed by atoms with Crippen LogP contribution in [-0.2, 0) is 17.8 Å². The number of carbonyl (C=O) groups is 1. The lowest BCUT2D eigenvalue weighted by Crippen LogP contribution is -2.40. The van der Waals surface area contributed by atoms with Gasteiger partial charge in [-0.3, -0.25) is 9.78 Å². The Morgan fingerprint density at radius 3 is 2.41 bits per heavy atom. The summed E-state index contributed by atoms with van der Waals surface area (Å²) in [4.78, 5) is 26.5. The van der Waals surface area contributed by atoms with Gasteiger partial charge in [-0.1, -0.05) is 48.5 Å². The summed E-state index contributed by atoms with van der Waals surface area (Å²) in [5, 5.41) is 5.75. The first-order valence-corrected chi connectivity index (χ1v) is 8.54. The van der Waals surface area contributed by atoms with E-state index in [-0.39, 0.29) is 23.4 Å². The topological polar surface area (TPSA) is 79.8 Å². The molecule has 6 nitrogen and oxygen atoms in total. The molecule has 3 aromatic rings. The van der Waals surface area contributed by atoms with Crippen LogP contribution in [0.25, 0.3) is 0 Å². The molecule has 2 N–H and O–H groups in total. The fourth-order valence-corrected chi connectivity index (χ4v) is 2.76. The van der Waals surface area contributed by atoms with Crippen molar-refractivity contribution in [1.82, 2.24) is 20.1 Å². The maximum Gasteiger partial charge on any atom is 0.412 e. The van der Waals surface area contributed by atoms with Gasteiger partial charge in [0, 0.05) is 6.42 Å². The number of hydrogen-bond donors (Lipinski definition) is 2. The third-order valence-electron chi connectivity index (χ3n) is 4.10. The summed E-state index contributed by atoms with van der Waals surface area (Å²) < 4.78 is 54.4. The van der Waals surface area contributed by atoms with Gasteiger partial charge in [0.15, 0.2) is 6.04 Å². The van der Waals surface area contributed by atoms with Crippen LogP contribution in [0.15, 0.2) is 59.4 Å². The number of alkyl halides is 3. The summed E-state index contributed by atoms with van der Waals surface area (Å²) in [6.07, 6.45) is -4.75. The van der Waals surface area contributed by atoms with Crippen molar-refractivity contribution in [2.75, 3.05) is 0 Å². The molecule has 0 aliphatic carbocycles. The SMILES string of the molecule is O=C(Cn1nc(Cc2ccccc2F)[nH]c1=O)NC(c1ccccc1)C(F)(F)F. The summed E-state index contributed by atoms with van der Waals surface area (Å²) in [6.45, 7) is -0.716. The van der Waals surface area contributed by atoms with Crippen LogP contribution in [-0.4, -0.2) is 26.8 Å². The van der Waals surface area contributed by atoms with Crippen LogP contribution >= 0.6 is 0 Å². The van der Waals surface area contributed by atoms with Gasteiger partial charge in [0.05, 0.1) is 0 Å². The number of aromatic amines is 1. The van der Waals surface area contributed by atoms with E-state index in [1.165, 1.54) is 42.5 Å². The number of nitrogens with one attached hydrogen (secondary N) is 2. The highest BCUT2D eigenvalue weighted by Gasteiger charge is 2.41. The maximum atomic E-state index is 13.7. The first-order chi connectivity index (χ1) is 13.7. The van der Waals surface area contributed by atoms with Crippen LogP contribution < -0.4 is 11.0 Å². The highest BCUT2D eigenvalue weighted by Crippen LogP contribution is 2.32. The number of amides is 1. The van der Waals surface area contributed by atoms with Crippen molar-refractivity contribution >= 4 is 5.91 Å². The third-order valence-corrected chi connectivity index (χ3v) is 4.10. The summed E-state index contributed by atoms with van der Waals surface area (Å²) in [5.74, 6) is -1.44. The highest BCUT2D eigenvalue weighted by molar-refractivity contribution is 5.76. The van der Waals surface area contributed by atoms with E-state index in [2.05, 4.69) is 10.1 Å². The van der Waals surface area contributed by atoms with Gasteiger partial charge in [0.1, 0.15) is 18.2 Å². The first kappa shape index (κ1) is 20.3. The minimum Gasteiger partial charge on any atom is -0.339 e. The fraction of sp³-hybridized carbons (Fsp3) is 0.211. The zero-order chi connectivity index (χ0) is 21.0. The molecule has 0 saturated heterocycles. The lowest BCUT2D eigenvalue weighted by molar-refractivity contribution is -0.163. The molecule has 0 saturated carbocycles. The van der Waals surface area contributed by atoms with Gasteiger partial charge in [0.2, 0.25) is 5.91 Å². The second kappa shape index (κ2) is 8.29. The average Bonchev–Trinajstić information content (AvgIpc) is 3.00. The van der Waals surface area contributed by atoms with Gasteiger partial charge >= 0.3 is 11.9 Å². The Morgan fingerprint density at radius 1 is 1.10 bits per heavy atom. The second-order valence-electron chi connectivity index (χ2n) is 6.26. The van der Waals surface area contributed by atoms with E-state index in [0.29, 0.717) is 4.68 Å². The molecule has 10 heteroatoms. The summed E-state index contributed by atoms with van der Waals surface area (Å²) in [6, 6.07) is 10.5. The fourth-order valence-electron chi connectivity index (χ4n) is 2.76. The normalized spacial score (nSPS) is 12.6.